The van der Waals surface area contributed by atoms with Crippen LogP contribution in [-0.2, 0) is 16.0 Å². The Balaban J connectivity index is 1.60. The van der Waals surface area contributed by atoms with Crippen molar-refractivity contribution >= 4 is 51.9 Å². The van der Waals surface area contributed by atoms with E-state index in [0.29, 0.717) is 11.3 Å². The van der Waals surface area contributed by atoms with Crippen LogP contribution in [-0.4, -0.2) is 37.2 Å². The van der Waals surface area contributed by atoms with E-state index in [1.807, 2.05) is 6.07 Å². The molecule has 1 fully saturated rings. The SMILES string of the molecule is Cc1ccc(-c2ccc(C=C3SC(=S)N(C(Cc4ccccc4)C(=O)O)C3=O)o2)c([N+](=O)[O-])c1. The van der Waals surface area contributed by atoms with Gasteiger partial charge in [-0.1, -0.05) is 60.4 Å². The van der Waals surface area contributed by atoms with Crippen LogP contribution < -0.4 is 0 Å². The van der Waals surface area contributed by atoms with Crippen LogP contribution in [0.15, 0.2) is 70.0 Å². The van der Waals surface area contributed by atoms with Gasteiger partial charge in [-0.25, -0.2) is 4.79 Å². The highest BCUT2D eigenvalue weighted by Gasteiger charge is 2.40. The molecule has 10 heteroatoms. The van der Waals surface area contributed by atoms with E-state index in [-0.39, 0.29) is 27.1 Å². The molecule has 1 aliphatic rings. The predicted octanol–water partition coefficient (Wildman–Crippen LogP) is 5.06. The molecule has 0 saturated carbocycles. The topological polar surface area (TPSA) is 114 Å². The first-order valence-corrected chi connectivity index (χ1v) is 11.4. The summed E-state index contributed by atoms with van der Waals surface area (Å²) in [5.41, 5.74) is 1.74. The van der Waals surface area contributed by atoms with Gasteiger partial charge < -0.3 is 9.52 Å². The Labute approximate surface area is 204 Å². The van der Waals surface area contributed by atoms with Gasteiger partial charge in [-0.3, -0.25) is 19.8 Å². The molecular weight excluding hydrogens is 476 g/mol. The minimum atomic E-state index is -1.16. The van der Waals surface area contributed by atoms with E-state index in [1.54, 1.807) is 55.5 Å². The molecule has 172 valence electrons. The first kappa shape index (κ1) is 23.4. The lowest BCUT2D eigenvalue weighted by molar-refractivity contribution is -0.384. The molecule has 1 aliphatic heterocycles. The average molecular weight is 495 g/mol. The molecule has 0 bridgehead atoms. The number of carboxylic acids is 1. The molecule has 0 aliphatic carbocycles. The zero-order valence-electron chi connectivity index (χ0n) is 17.8. The third-order valence-corrected chi connectivity index (χ3v) is 6.54. The summed E-state index contributed by atoms with van der Waals surface area (Å²) >= 11 is 6.31. The number of aryl methyl sites for hydroxylation is 1. The highest BCUT2D eigenvalue weighted by atomic mass is 32.2. The van der Waals surface area contributed by atoms with Crippen molar-refractivity contribution in [2.75, 3.05) is 0 Å². The minimum absolute atomic E-state index is 0.0857. The summed E-state index contributed by atoms with van der Waals surface area (Å²) in [5, 5.41) is 21.2. The van der Waals surface area contributed by atoms with Crippen LogP contribution in [0, 0.1) is 17.0 Å². The smallest absolute Gasteiger partial charge is 0.327 e. The van der Waals surface area contributed by atoms with Crippen molar-refractivity contribution in [3.05, 3.63) is 92.6 Å². The molecule has 1 aromatic heterocycles. The summed E-state index contributed by atoms with van der Waals surface area (Å²) in [6.45, 7) is 1.76. The van der Waals surface area contributed by atoms with Gasteiger partial charge in [0.15, 0.2) is 0 Å². The normalized spacial score (nSPS) is 15.7. The number of benzene rings is 2. The van der Waals surface area contributed by atoms with Crippen molar-refractivity contribution in [3.63, 3.8) is 0 Å². The molecule has 2 aromatic carbocycles. The second-order valence-corrected chi connectivity index (χ2v) is 9.25. The van der Waals surface area contributed by atoms with Crippen LogP contribution in [0.4, 0.5) is 5.69 Å². The largest absolute Gasteiger partial charge is 0.480 e. The van der Waals surface area contributed by atoms with Crippen LogP contribution >= 0.6 is 24.0 Å². The molecule has 1 saturated heterocycles. The standard InChI is InChI=1S/C24H18N2O6S2/c1-14-7-9-17(18(11-14)26(30)31)20-10-8-16(32-20)13-21-22(27)25(24(33)34-21)19(23(28)29)12-15-5-3-2-4-6-15/h2-11,13,19H,12H2,1H3,(H,28,29). The van der Waals surface area contributed by atoms with E-state index >= 15 is 0 Å². The minimum Gasteiger partial charge on any atom is -0.480 e. The molecule has 0 radical (unpaired) electrons. The summed E-state index contributed by atoms with van der Waals surface area (Å²) in [7, 11) is 0. The second-order valence-electron chi connectivity index (χ2n) is 7.58. The fourth-order valence-electron chi connectivity index (χ4n) is 3.58. The molecule has 2 heterocycles. The highest BCUT2D eigenvalue weighted by Crippen LogP contribution is 2.37. The molecule has 1 unspecified atom stereocenters. The third-order valence-electron chi connectivity index (χ3n) is 5.21. The van der Waals surface area contributed by atoms with Gasteiger partial charge in [-0.2, -0.15) is 0 Å². The number of nitro groups is 1. The van der Waals surface area contributed by atoms with Crippen LogP contribution in [0.5, 0.6) is 0 Å². The van der Waals surface area contributed by atoms with Crippen molar-refractivity contribution in [2.24, 2.45) is 0 Å². The van der Waals surface area contributed by atoms with Gasteiger partial charge in [0.05, 0.1) is 15.4 Å². The zero-order valence-corrected chi connectivity index (χ0v) is 19.5. The quantitative estimate of drug-likeness (QED) is 0.210. The number of nitro benzene ring substituents is 1. The Morgan fingerprint density at radius 2 is 1.97 bits per heavy atom. The van der Waals surface area contributed by atoms with Crippen molar-refractivity contribution in [1.82, 2.24) is 4.90 Å². The number of furan rings is 1. The Morgan fingerprint density at radius 3 is 2.65 bits per heavy atom. The molecule has 34 heavy (non-hydrogen) atoms. The van der Waals surface area contributed by atoms with Gasteiger partial charge in [0.2, 0.25) is 0 Å². The summed E-state index contributed by atoms with van der Waals surface area (Å²) in [4.78, 5) is 37.3. The van der Waals surface area contributed by atoms with Gasteiger partial charge in [0, 0.05) is 18.6 Å². The number of carboxylic acid groups (broad SMARTS) is 1. The number of carbonyl (C=O) groups excluding carboxylic acids is 1. The van der Waals surface area contributed by atoms with Crippen molar-refractivity contribution < 1.29 is 24.0 Å². The molecule has 0 spiro atoms. The Bertz CT molecular complexity index is 1330. The summed E-state index contributed by atoms with van der Waals surface area (Å²) < 4.78 is 5.90. The lowest BCUT2D eigenvalue weighted by atomic mass is 10.0. The van der Waals surface area contributed by atoms with E-state index in [9.17, 15) is 24.8 Å². The van der Waals surface area contributed by atoms with Crippen molar-refractivity contribution in [3.8, 4) is 11.3 Å². The van der Waals surface area contributed by atoms with Crippen LogP contribution in [0.25, 0.3) is 17.4 Å². The van der Waals surface area contributed by atoms with Gasteiger partial charge >= 0.3 is 5.97 Å². The van der Waals surface area contributed by atoms with Gasteiger partial charge in [0.25, 0.3) is 11.6 Å². The first-order chi connectivity index (χ1) is 16.2. The highest BCUT2D eigenvalue weighted by molar-refractivity contribution is 8.26. The summed E-state index contributed by atoms with van der Waals surface area (Å²) in [6, 6.07) is 15.8. The maximum absolute atomic E-state index is 13.1. The zero-order chi connectivity index (χ0) is 24.4. The maximum Gasteiger partial charge on any atom is 0.327 e. The van der Waals surface area contributed by atoms with Crippen LogP contribution in [0.2, 0.25) is 0 Å². The van der Waals surface area contributed by atoms with Crippen LogP contribution in [0.3, 0.4) is 0 Å². The van der Waals surface area contributed by atoms with Crippen molar-refractivity contribution in [2.45, 2.75) is 19.4 Å². The number of nitrogens with zero attached hydrogens (tertiary/aromatic N) is 2. The summed E-state index contributed by atoms with van der Waals surface area (Å²) in [5.74, 6) is -1.12. The third kappa shape index (κ3) is 4.78. The van der Waals surface area contributed by atoms with Gasteiger partial charge in [-0.15, -0.1) is 0 Å². The molecule has 3 aromatic rings. The lowest BCUT2D eigenvalue weighted by Crippen LogP contribution is -2.45. The molecule has 4 rings (SSSR count). The number of hydrogen-bond acceptors (Lipinski definition) is 7. The fourth-order valence-corrected chi connectivity index (χ4v) is 4.92. The number of thioether (sulfide) groups is 1. The van der Waals surface area contributed by atoms with Crippen LogP contribution in [0.1, 0.15) is 16.9 Å². The van der Waals surface area contributed by atoms with E-state index < -0.39 is 22.8 Å². The number of carbonyl (C=O) groups is 2. The maximum atomic E-state index is 13.1. The molecular formula is C24H18N2O6S2. The Morgan fingerprint density at radius 1 is 1.24 bits per heavy atom. The summed E-state index contributed by atoms with van der Waals surface area (Å²) in [6.07, 6.45) is 1.57. The molecule has 1 atom stereocenters. The lowest BCUT2D eigenvalue weighted by Gasteiger charge is -2.23. The predicted molar refractivity (Wildman–Crippen MR) is 132 cm³/mol. The molecule has 1 N–H and O–H groups in total. The number of hydrogen-bond donors (Lipinski definition) is 1. The van der Waals surface area contributed by atoms with E-state index in [2.05, 4.69) is 0 Å². The van der Waals surface area contributed by atoms with Gasteiger partial charge in [0.1, 0.15) is 21.9 Å². The first-order valence-electron chi connectivity index (χ1n) is 10.1. The molecule has 8 nitrogen and oxygen atoms in total. The Hall–Kier alpha value is -3.76. The second kappa shape index (κ2) is 9.62. The van der Waals surface area contributed by atoms with E-state index in [4.69, 9.17) is 16.6 Å². The fraction of sp³-hybridized carbons (Fsp3) is 0.125. The average Bonchev–Trinajstić information content (AvgIpc) is 3.37. The van der Waals surface area contributed by atoms with Crippen molar-refractivity contribution in [1.29, 1.82) is 0 Å². The molecule has 1 amide bonds. The number of aliphatic carboxylic acids is 1. The van der Waals surface area contributed by atoms with Gasteiger partial charge in [-0.05, 0) is 36.2 Å². The number of thiocarbonyl (C=S) groups is 1. The number of rotatable bonds is 7. The monoisotopic (exact) mass is 494 g/mol. The van der Waals surface area contributed by atoms with E-state index in [0.717, 1.165) is 27.8 Å². The number of amides is 1. The van der Waals surface area contributed by atoms with E-state index in [1.165, 1.54) is 12.1 Å². The Kier molecular flexibility index (Phi) is 6.62.